The molecule has 0 spiro atoms. The van der Waals surface area contributed by atoms with E-state index in [2.05, 4.69) is 12.2 Å². The highest BCUT2D eigenvalue weighted by atomic mass is 19.2. The first-order valence-corrected chi connectivity index (χ1v) is 6.24. The minimum Gasteiger partial charge on any atom is -0.486 e. The molecule has 1 aromatic carbocycles. The quantitative estimate of drug-likeness (QED) is 0.447. The molecular formula is C13H17F4NO. The fourth-order valence-electron chi connectivity index (χ4n) is 1.53. The van der Waals surface area contributed by atoms with E-state index in [1.807, 2.05) is 0 Å². The summed E-state index contributed by atoms with van der Waals surface area (Å²) in [5, 5.41) is 3.00. The van der Waals surface area contributed by atoms with Gasteiger partial charge < -0.3 is 10.1 Å². The van der Waals surface area contributed by atoms with Crippen molar-refractivity contribution in [1.29, 1.82) is 0 Å². The van der Waals surface area contributed by atoms with Gasteiger partial charge in [-0.05, 0) is 13.0 Å². The van der Waals surface area contributed by atoms with E-state index in [0.717, 1.165) is 25.8 Å². The Balaban J connectivity index is 2.41. The van der Waals surface area contributed by atoms with Gasteiger partial charge in [0.15, 0.2) is 17.4 Å². The smallest absolute Gasteiger partial charge is 0.203 e. The zero-order chi connectivity index (χ0) is 14.3. The van der Waals surface area contributed by atoms with Gasteiger partial charge in [-0.15, -0.1) is 0 Å². The third-order valence-electron chi connectivity index (χ3n) is 2.55. The molecule has 0 saturated heterocycles. The maximum atomic E-state index is 13.2. The van der Waals surface area contributed by atoms with Gasteiger partial charge in [-0.2, -0.15) is 8.78 Å². The van der Waals surface area contributed by atoms with E-state index in [4.69, 9.17) is 4.74 Å². The molecule has 19 heavy (non-hydrogen) atoms. The molecule has 0 aliphatic carbocycles. The molecule has 1 rings (SSSR count). The van der Waals surface area contributed by atoms with Crippen LogP contribution in [0.3, 0.4) is 0 Å². The predicted octanol–water partition coefficient (Wildman–Crippen LogP) is 3.40. The number of halogens is 4. The second kappa shape index (κ2) is 7.99. The lowest BCUT2D eigenvalue weighted by molar-refractivity contribution is 0.270. The maximum Gasteiger partial charge on any atom is 0.203 e. The second-order valence-electron chi connectivity index (χ2n) is 4.10. The molecule has 0 fully saturated rings. The molecule has 0 saturated carbocycles. The van der Waals surface area contributed by atoms with Crippen LogP contribution in [0.1, 0.15) is 26.2 Å². The second-order valence-corrected chi connectivity index (χ2v) is 4.10. The van der Waals surface area contributed by atoms with Crippen molar-refractivity contribution < 1.29 is 22.3 Å². The Morgan fingerprint density at radius 3 is 2.21 bits per heavy atom. The van der Waals surface area contributed by atoms with Crippen molar-refractivity contribution in [3.8, 4) is 5.75 Å². The summed E-state index contributed by atoms with van der Waals surface area (Å²) in [6.45, 7) is 3.12. The average molecular weight is 279 g/mol. The van der Waals surface area contributed by atoms with Crippen LogP contribution in [0.4, 0.5) is 17.6 Å². The number of nitrogens with one attached hydrogen (secondary N) is 1. The van der Waals surface area contributed by atoms with Gasteiger partial charge in [0.1, 0.15) is 6.61 Å². The molecule has 2 nitrogen and oxygen atoms in total. The fraction of sp³-hybridized carbons (Fsp3) is 0.538. The molecule has 0 bridgehead atoms. The van der Waals surface area contributed by atoms with Gasteiger partial charge >= 0.3 is 0 Å². The molecule has 0 heterocycles. The normalized spacial score (nSPS) is 10.8. The predicted molar refractivity (Wildman–Crippen MR) is 64.2 cm³/mol. The van der Waals surface area contributed by atoms with Crippen LogP contribution in [0.15, 0.2) is 6.07 Å². The van der Waals surface area contributed by atoms with E-state index in [9.17, 15) is 17.6 Å². The van der Waals surface area contributed by atoms with Gasteiger partial charge in [0, 0.05) is 12.6 Å². The summed E-state index contributed by atoms with van der Waals surface area (Å²) in [5.41, 5.74) is 0. The number of ether oxygens (including phenoxy) is 1. The lowest BCUT2D eigenvalue weighted by Crippen LogP contribution is -2.22. The van der Waals surface area contributed by atoms with Crippen molar-refractivity contribution in [3.05, 3.63) is 29.3 Å². The van der Waals surface area contributed by atoms with E-state index in [1.54, 1.807) is 0 Å². The summed E-state index contributed by atoms with van der Waals surface area (Å²) in [7, 11) is 0. The lowest BCUT2D eigenvalue weighted by Gasteiger charge is -2.10. The van der Waals surface area contributed by atoms with Gasteiger partial charge in [-0.3, -0.25) is 0 Å². The highest BCUT2D eigenvalue weighted by Gasteiger charge is 2.20. The van der Waals surface area contributed by atoms with Gasteiger partial charge in [0.25, 0.3) is 0 Å². The summed E-state index contributed by atoms with van der Waals surface area (Å²) >= 11 is 0. The monoisotopic (exact) mass is 279 g/mol. The summed E-state index contributed by atoms with van der Waals surface area (Å²) in [5.74, 6) is -6.96. The number of hydrogen-bond acceptors (Lipinski definition) is 2. The molecule has 1 aromatic rings. The molecule has 0 aromatic heterocycles. The Morgan fingerprint density at radius 2 is 1.63 bits per heavy atom. The van der Waals surface area contributed by atoms with Crippen molar-refractivity contribution in [2.24, 2.45) is 0 Å². The van der Waals surface area contributed by atoms with Crippen molar-refractivity contribution in [2.45, 2.75) is 26.2 Å². The summed E-state index contributed by atoms with van der Waals surface area (Å²) in [6, 6.07) is 0.153. The van der Waals surface area contributed by atoms with Crippen molar-refractivity contribution in [1.82, 2.24) is 5.32 Å². The molecule has 0 aliphatic rings. The number of unbranched alkanes of at least 4 members (excludes halogenated alkanes) is 2. The topological polar surface area (TPSA) is 21.3 Å². The highest BCUT2D eigenvalue weighted by Crippen LogP contribution is 2.26. The van der Waals surface area contributed by atoms with Crippen LogP contribution in [0.2, 0.25) is 0 Å². The van der Waals surface area contributed by atoms with Crippen molar-refractivity contribution in [3.63, 3.8) is 0 Å². The zero-order valence-corrected chi connectivity index (χ0v) is 10.7. The number of rotatable bonds is 8. The Labute approximate surface area is 109 Å². The first kappa shape index (κ1) is 15.8. The van der Waals surface area contributed by atoms with Crippen LogP contribution in [-0.4, -0.2) is 19.7 Å². The molecule has 1 N–H and O–H groups in total. The van der Waals surface area contributed by atoms with Gasteiger partial charge in [-0.25, -0.2) is 8.78 Å². The summed E-state index contributed by atoms with van der Waals surface area (Å²) < 4.78 is 56.8. The number of benzene rings is 1. The first-order valence-electron chi connectivity index (χ1n) is 6.24. The van der Waals surface area contributed by atoms with Gasteiger partial charge in [0.2, 0.25) is 11.6 Å². The standard InChI is InChI=1S/C13H17F4NO/c1-2-3-4-5-18-6-7-19-13-11(16)9(14)8-10(15)12(13)17/h8,18H,2-7H2,1H3. The van der Waals surface area contributed by atoms with Crippen LogP contribution < -0.4 is 10.1 Å². The van der Waals surface area contributed by atoms with Crippen molar-refractivity contribution in [2.75, 3.05) is 19.7 Å². The molecule has 0 radical (unpaired) electrons. The molecule has 6 heteroatoms. The van der Waals surface area contributed by atoms with Crippen molar-refractivity contribution >= 4 is 0 Å². The van der Waals surface area contributed by atoms with Crippen LogP contribution in [0, 0.1) is 23.3 Å². The van der Waals surface area contributed by atoms with Crippen LogP contribution in [-0.2, 0) is 0 Å². The first-order chi connectivity index (χ1) is 9.07. The Bertz CT molecular complexity index is 386. The largest absolute Gasteiger partial charge is 0.486 e. The third-order valence-corrected chi connectivity index (χ3v) is 2.55. The van der Waals surface area contributed by atoms with E-state index in [-0.39, 0.29) is 12.7 Å². The Hall–Kier alpha value is -1.30. The molecule has 0 atom stereocenters. The van der Waals surface area contributed by atoms with Gasteiger partial charge in [-0.1, -0.05) is 19.8 Å². The molecule has 0 aliphatic heterocycles. The molecule has 108 valence electrons. The highest BCUT2D eigenvalue weighted by molar-refractivity contribution is 5.28. The van der Waals surface area contributed by atoms with E-state index in [0.29, 0.717) is 6.54 Å². The Morgan fingerprint density at radius 1 is 1.00 bits per heavy atom. The Kier molecular flexibility index (Phi) is 6.62. The molecule has 0 unspecified atom stereocenters. The maximum absolute atomic E-state index is 13.2. The third kappa shape index (κ3) is 4.70. The number of hydrogen-bond donors (Lipinski definition) is 1. The van der Waals surface area contributed by atoms with E-state index < -0.39 is 29.0 Å². The lowest BCUT2D eigenvalue weighted by atomic mass is 10.2. The molecule has 0 amide bonds. The van der Waals surface area contributed by atoms with Crippen LogP contribution >= 0.6 is 0 Å². The van der Waals surface area contributed by atoms with Crippen LogP contribution in [0.25, 0.3) is 0 Å². The minimum absolute atomic E-state index is 0.0666. The summed E-state index contributed by atoms with van der Waals surface area (Å²) in [6.07, 6.45) is 3.18. The zero-order valence-electron chi connectivity index (χ0n) is 10.7. The average Bonchev–Trinajstić information content (AvgIpc) is 2.39. The van der Waals surface area contributed by atoms with E-state index in [1.165, 1.54) is 0 Å². The van der Waals surface area contributed by atoms with Crippen LogP contribution in [0.5, 0.6) is 5.75 Å². The molecular weight excluding hydrogens is 262 g/mol. The summed E-state index contributed by atoms with van der Waals surface area (Å²) in [4.78, 5) is 0. The van der Waals surface area contributed by atoms with E-state index >= 15 is 0 Å². The van der Waals surface area contributed by atoms with Gasteiger partial charge in [0.05, 0.1) is 0 Å². The fourth-order valence-corrected chi connectivity index (χ4v) is 1.53. The SMILES string of the molecule is CCCCCNCCOc1c(F)c(F)cc(F)c1F. The minimum atomic E-state index is -1.51.